The predicted molar refractivity (Wildman–Crippen MR) is 182 cm³/mol. The molecule has 10 heteroatoms. The second-order valence-electron chi connectivity index (χ2n) is 11.3. The molecule has 2 aromatic heterocycles. The average Bonchev–Trinajstić information content (AvgIpc) is 3.50. The number of ether oxygens (including phenoxy) is 2. The van der Waals surface area contributed by atoms with Crippen LogP contribution in [0, 0.1) is 0 Å². The second-order valence-corrected chi connectivity index (χ2v) is 11.3. The Bertz CT molecular complexity index is 2020. The zero-order valence-electron chi connectivity index (χ0n) is 25.5. The molecule has 46 heavy (non-hydrogen) atoms. The van der Waals surface area contributed by atoms with Gasteiger partial charge in [-0.1, -0.05) is 61.2 Å². The number of carbonyl (C=O) groups excluding carboxylic acids is 1. The molecule has 0 spiro atoms. The number of hydrogen-bond donors (Lipinski definition) is 2. The first-order chi connectivity index (χ1) is 22.6. The number of aromatic nitrogens is 4. The Kier molecular flexibility index (Phi) is 8.53. The SMILES string of the molecule is C=CC(=O)Nc1cc2c(Nc3cc4nn(Cc5ccccc5)cc4c4ccccc34)ncnc2cc1OCCCN1CCOCC1. The Morgan fingerprint density at radius 1 is 0.913 bits per heavy atom. The summed E-state index contributed by atoms with van der Waals surface area (Å²) in [5.41, 5.74) is 4.15. The van der Waals surface area contributed by atoms with E-state index < -0.39 is 0 Å². The number of rotatable bonds is 11. The molecule has 6 aromatic rings. The summed E-state index contributed by atoms with van der Waals surface area (Å²) in [5, 5.41) is 15.3. The maximum absolute atomic E-state index is 12.4. The molecule has 1 aliphatic rings. The van der Waals surface area contributed by atoms with Crippen molar-refractivity contribution in [3.05, 3.63) is 104 Å². The molecule has 232 valence electrons. The molecule has 4 aromatic carbocycles. The molecule has 7 rings (SSSR count). The number of anilines is 3. The van der Waals surface area contributed by atoms with E-state index in [1.54, 1.807) is 0 Å². The number of hydrogen-bond acceptors (Lipinski definition) is 8. The van der Waals surface area contributed by atoms with E-state index in [0.717, 1.165) is 72.0 Å². The zero-order valence-corrected chi connectivity index (χ0v) is 25.5. The van der Waals surface area contributed by atoms with Crippen molar-refractivity contribution < 1.29 is 14.3 Å². The molecule has 1 amide bonds. The van der Waals surface area contributed by atoms with Gasteiger partial charge in [0.15, 0.2) is 0 Å². The monoisotopic (exact) mass is 613 g/mol. The van der Waals surface area contributed by atoms with Gasteiger partial charge >= 0.3 is 0 Å². The number of nitrogens with zero attached hydrogens (tertiary/aromatic N) is 5. The maximum atomic E-state index is 12.4. The number of amides is 1. The minimum absolute atomic E-state index is 0.327. The Hall–Kier alpha value is -5.32. The van der Waals surface area contributed by atoms with Crippen LogP contribution in [0.25, 0.3) is 32.6 Å². The molecular weight excluding hydrogens is 578 g/mol. The molecule has 2 N–H and O–H groups in total. The average molecular weight is 614 g/mol. The highest BCUT2D eigenvalue weighted by Gasteiger charge is 2.16. The minimum atomic E-state index is -0.327. The third-order valence-corrected chi connectivity index (χ3v) is 8.18. The van der Waals surface area contributed by atoms with E-state index in [-0.39, 0.29) is 5.91 Å². The lowest BCUT2D eigenvalue weighted by Crippen LogP contribution is -2.37. The Morgan fingerprint density at radius 2 is 1.72 bits per heavy atom. The second kappa shape index (κ2) is 13.4. The van der Waals surface area contributed by atoms with E-state index in [1.165, 1.54) is 18.0 Å². The molecule has 0 aliphatic carbocycles. The molecule has 10 nitrogen and oxygen atoms in total. The van der Waals surface area contributed by atoms with Gasteiger partial charge in [0.25, 0.3) is 0 Å². The third-order valence-electron chi connectivity index (χ3n) is 8.18. The van der Waals surface area contributed by atoms with Crippen molar-refractivity contribution in [3.8, 4) is 5.75 Å². The van der Waals surface area contributed by atoms with Crippen LogP contribution in [0.3, 0.4) is 0 Å². The summed E-state index contributed by atoms with van der Waals surface area (Å²) in [6.45, 7) is 9.11. The van der Waals surface area contributed by atoms with Gasteiger partial charge in [0.05, 0.1) is 43.1 Å². The molecule has 0 unspecified atom stereocenters. The van der Waals surface area contributed by atoms with Crippen LogP contribution >= 0.6 is 0 Å². The topological polar surface area (TPSA) is 106 Å². The van der Waals surface area contributed by atoms with Crippen molar-refractivity contribution in [2.45, 2.75) is 13.0 Å². The van der Waals surface area contributed by atoms with Gasteiger partial charge in [0.2, 0.25) is 5.91 Å². The summed E-state index contributed by atoms with van der Waals surface area (Å²) in [6.07, 6.45) is 5.72. The smallest absolute Gasteiger partial charge is 0.247 e. The fourth-order valence-electron chi connectivity index (χ4n) is 5.88. The molecule has 0 saturated carbocycles. The summed E-state index contributed by atoms with van der Waals surface area (Å²) in [4.78, 5) is 23.9. The van der Waals surface area contributed by atoms with E-state index in [2.05, 4.69) is 68.6 Å². The molecule has 1 aliphatic heterocycles. The molecule has 1 fully saturated rings. The first-order valence-corrected chi connectivity index (χ1v) is 15.5. The lowest BCUT2D eigenvalue weighted by molar-refractivity contribution is -0.111. The van der Waals surface area contributed by atoms with E-state index in [0.29, 0.717) is 35.9 Å². The standard InChI is InChI=1S/C36H35N7O3/c1-2-35(44)39-33-19-28-30(21-34(33)46-16-8-13-42-14-17-45-18-15-42)37-24-38-36(28)40-31-20-32-29(26-11-6-7-12-27(26)31)23-43(41-32)22-25-9-4-3-5-10-25/h2-7,9-12,19-21,23-24H,1,8,13-18,22H2,(H,39,44)(H,37,38,40). The van der Waals surface area contributed by atoms with Gasteiger partial charge in [0.1, 0.15) is 17.9 Å². The minimum Gasteiger partial charge on any atom is -0.491 e. The quantitative estimate of drug-likeness (QED) is 0.132. The molecule has 0 bridgehead atoms. The zero-order chi connectivity index (χ0) is 31.3. The van der Waals surface area contributed by atoms with Crippen LogP contribution in [0.2, 0.25) is 0 Å². The summed E-state index contributed by atoms with van der Waals surface area (Å²) < 4.78 is 13.6. The van der Waals surface area contributed by atoms with Crippen molar-refractivity contribution in [1.29, 1.82) is 0 Å². The van der Waals surface area contributed by atoms with Gasteiger partial charge in [-0.25, -0.2) is 9.97 Å². The van der Waals surface area contributed by atoms with E-state index >= 15 is 0 Å². The first kappa shape index (κ1) is 29.4. The van der Waals surface area contributed by atoms with Crippen LogP contribution in [-0.4, -0.2) is 70.0 Å². The van der Waals surface area contributed by atoms with Crippen LogP contribution in [0.5, 0.6) is 5.75 Å². The van der Waals surface area contributed by atoms with Crippen molar-refractivity contribution in [3.63, 3.8) is 0 Å². The van der Waals surface area contributed by atoms with Gasteiger partial charge in [0, 0.05) is 53.7 Å². The molecule has 3 heterocycles. The summed E-state index contributed by atoms with van der Waals surface area (Å²) >= 11 is 0. The third kappa shape index (κ3) is 6.39. The van der Waals surface area contributed by atoms with Crippen LogP contribution in [0.1, 0.15) is 12.0 Å². The van der Waals surface area contributed by atoms with Gasteiger partial charge in [-0.05, 0) is 35.6 Å². The number of carbonyl (C=O) groups is 1. The van der Waals surface area contributed by atoms with E-state index in [9.17, 15) is 4.79 Å². The number of morpholine rings is 1. The van der Waals surface area contributed by atoms with Crippen molar-refractivity contribution in [1.82, 2.24) is 24.6 Å². The van der Waals surface area contributed by atoms with Gasteiger partial charge in [-0.15, -0.1) is 0 Å². The molecule has 0 radical (unpaired) electrons. The van der Waals surface area contributed by atoms with Crippen LogP contribution in [0.15, 0.2) is 98.0 Å². The summed E-state index contributed by atoms with van der Waals surface area (Å²) in [5.74, 6) is 0.822. The van der Waals surface area contributed by atoms with E-state index in [1.807, 2.05) is 47.1 Å². The Labute approximate surface area is 266 Å². The Morgan fingerprint density at radius 3 is 2.54 bits per heavy atom. The van der Waals surface area contributed by atoms with Gasteiger partial charge < -0.3 is 20.1 Å². The lowest BCUT2D eigenvalue weighted by atomic mass is 10.0. The molecule has 0 atom stereocenters. The highest BCUT2D eigenvalue weighted by molar-refractivity contribution is 6.13. The Balaban J connectivity index is 1.20. The van der Waals surface area contributed by atoms with Gasteiger partial charge in [-0.3, -0.25) is 14.4 Å². The maximum Gasteiger partial charge on any atom is 0.247 e. The van der Waals surface area contributed by atoms with Crippen LogP contribution in [-0.2, 0) is 16.1 Å². The van der Waals surface area contributed by atoms with Crippen molar-refractivity contribution >= 4 is 55.7 Å². The fraction of sp³-hybridized carbons (Fsp3) is 0.222. The number of nitrogens with one attached hydrogen (secondary N) is 2. The van der Waals surface area contributed by atoms with Crippen molar-refractivity contribution in [2.75, 3.05) is 50.1 Å². The highest BCUT2D eigenvalue weighted by atomic mass is 16.5. The lowest BCUT2D eigenvalue weighted by Gasteiger charge is -2.26. The number of fused-ring (bicyclic) bond motifs is 4. The van der Waals surface area contributed by atoms with Crippen molar-refractivity contribution in [2.24, 2.45) is 0 Å². The highest BCUT2D eigenvalue weighted by Crippen LogP contribution is 2.37. The van der Waals surface area contributed by atoms with Crippen LogP contribution < -0.4 is 15.4 Å². The fourth-order valence-corrected chi connectivity index (χ4v) is 5.88. The van der Waals surface area contributed by atoms with Gasteiger partial charge in [-0.2, -0.15) is 5.10 Å². The first-order valence-electron chi connectivity index (χ1n) is 15.5. The summed E-state index contributed by atoms with van der Waals surface area (Å²) in [7, 11) is 0. The molecular formula is C36H35N7O3. The largest absolute Gasteiger partial charge is 0.491 e. The number of benzene rings is 4. The predicted octanol–water partition coefficient (Wildman–Crippen LogP) is 6.15. The summed E-state index contributed by atoms with van der Waals surface area (Å²) in [6, 6.07) is 24.3. The van der Waals surface area contributed by atoms with E-state index in [4.69, 9.17) is 14.6 Å². The normalized spacial score (nSPS) is 13.7. The van der Waals surface area contributed by atoms with Crippen LogP contribution in [0.4, 0.5) is 17.2 Å². The molecule has 1 saturated heterocycles.